The zero-order valence-electron chi connectivity index (χ0n) is 14.1. The molecule has 2 aromatic carbocycles. The van der Waals surface area contributed by atoms with Crippen molar-refractivity contribution in [2.24, 2.45) is 4.99 Å². The molecule has 2 heterocycles. The summed E-state index contributed by atoms with van der Waals surface area (Å²) in [4.78, 5) is 19.9. The molecule has 4 rings (SSSR count). The van der Waals surface area contributed by atoms with E-state index in [2.05, 4.69) is 15.2 Å². The average Bonchev–Trinajstić information content (AvgIpc) is 3.12. The fourth-order valence-electron chi connectivity index (χ4n) is 3.06. The third kappa shape index (κ3) is 3.15. The van der Waals surface area contributed by atoms with E-state index >= 15 is 0 Å². The molecule has 3 N–H and O–H groups in total. The second-order valence-electron chi connectivity index (χ2n) is 6.10. The highest BCUT2D eigenvalue weighted by atomic mass is 16.3. The largest absolute Gasteiger partial charge is 0.392 e. The molecule has 6 heteroatoms. The number of nitrogens with one attached hydrogen (secondary N) is 2. The van der Waals surface area contributed by atoms with E-state index in [0.29, 0.717) is 12.4 Å². The van der Waals surface area contributed by atoms with Gasteiger partial charge >= 0.3 is 0 Å². The van der Waals surface area contributed by atoms with E-state index in [1.54, 1.807) is 0 Å². The lowest BCUT2D eigenvalue weighted by Crippen LogP contribution is -3.11. The molecule has 26 heavy (non-hydrogen) atoms. The molecular formula is C20H19N4O2+. The fourth-order valence-corrected chi connectivity index (χ4v) is 3.06. The van der Waals surface area contributed by atoms with Gasteiger partial charge in [-0.3, -0.25) is 9.69 Å². The molecule has 6 nitrogen and oxygen atoms in total. The number of hydrogen-bond donors (Lipinski definition) is 3. The summed E-state index contributed by atoms with van der Waals surface area (Å²) in [6.45, 7) is 0.589. The van der Waals surface area contributed by atoms with Crippen molar-refractivity contribution in [3.8, 4) is 0 Å². The number of amidine groups is 1. The van der Waals surface area contributed by atoms with Gasteiger partial charge in [-0.2, -0.15) is 4.99 Å². The maximum absolute atomic E-state index is 12.4. The summed E-state index contributed by atoms with van der Waals surface area (Å²) in [6.07, 6.45) is 5.65. The highest BCUT2D eigenvalue weighted by Crippen LogP contribution is 2.21. The quantitative estimate of drug-likeness (QED) is 0.780. The van der Waals surface area contributed by atoms with Crippen LogP contribution in [-0.4, -0.2) is 23.5 Å². The SMILES string of the molecule is O=C(Nc1ccccc1)C1=C[NH+]2CN(c3ccccc3CO)C=CC2=N1. The number of carbonyl (C=O) groups is 1. The standard InChI is InChI=1S/C20H18N4O2/c25-13-15-6-4-5-9-18(15)23-11-10-19-22-17(12-24(19)14-23)20(26)21-16-7-2-1-3-8-16/h1-12,25H,13-14H2,(H,21,26)/p+1. The van der Waals surface area contributed by atoms with Gasteiger partial charge in [0.05, 0.1) is 12.3 Å². The van der Waals surface area contributed by atoms with E-state index in [0.717, 1.165) is 27.7 Å². The summed E-state index contributed by atoms with van der Waals surface area (Å²) in [5.74, 6) is 0.585. The fraction of sp³-hybridized carbons (Fsp3) is 0.100. The lowest BCUT2D eigenvalue weighted by atomic mass is 10.1. The Morgan fingerprint density at radius 1 is 1.15 bits per heavy atom. The summed E-state index contributed by atoms with van der Waals surface area (Å²) in [6, 6.07) is 17.1. The number of benzene rings is 2. The molecule has 0 bridgehead atoms. The first-order valence-electron chi connectivity index (χ1n) is 8.41. The number of amides is 1. The number of carbonyl (C=O) groups excluding carboxylic acids is 1. The molecule has 2 aromatic rings. The normalized spacial score (nSPS) is 18.2. The number of anilines is 2. The average molecular weight is 347 g/mol. The molecule has 0 saturated heterocycles. The van der Waals surface area contributed by atoms with E-state index in [1.807, 2.05) is 73.1 Å². The predicted molar refractivity (Wildman–Crippen MR) is 100 cm³/mol. The zero-order valence-corrected chi connectivity index (χ0v) is 14.1. The molecule has 0 aliphatic carbocycles. The first-order chi connectivity index (χ1) is 12.7. The van der Waals surface area contributed by atoms with Crippen molar-refractivity contribution in [3.63, 3.8) is 0 Å². The van der Waals surface area contributed by atoms with Gasteiger partial charge in [0.15, 0.2) is 12.4 Å². The number of aliphatic imine (C=N–C) groups is 1. The highest BCUT2D eigenvalue weighted by Gasteiger charge is 2.30. The zero-order chi connectivity index (χ0) is 17.9. The summed E-state index contributed by atoms with van der Waals surface area (Å²) in [5, 5.41) is 12.4. The van der Waals surface area contributed by atoms with Gasteiger partial charge in [0.1, 0.15) is 6.20 Å². The maximum atomic E-state index is 12.4. The molecule has 0 aromatic heterocycles. The number of fused-ring (bicyclic) bond motifs is 1. The van der Waals surface area contributed by atoms with Crippen LogP contribution in [0.5, 0.6) is 0 Å². The van der Waals surface area contributed by atoms with Gasteiger partial charge in [-0.15, -0.1) is 0 Å². The van der Waals surface area contributed by atoms with Crippen LogP contribution in [0.1, 0.15) is 5.56 Å². The van der Waals surface area contributed by atoms with Gasteiger partial charge in [0, 0.05) is 23.5 Å². The first-order valence-corrected chi connectivity index (χ1v) is 8.41. The summed E-state index contributed by atoms with van der Waals surface area (Å²) in [7, 11) is 0. The van der Waals surface area contributed by atoms with Crippen molar-refractivity contribution >= 4 is 23.1 Å². The number of aliphatic hydroxyl groups excluding tert-OH is 1. The second-order valence-corrected chi connectivity index (χ2v) is 6.10. The van der Waals surface area contributed by atoms with Gasteiger partial charge < -0.3 is 10.4 Å². The van der Waals surface area contributed by atoms with Crippen molar-refractivity contribution in [1.29, 1.82) is 0 Å². The van der Waals surface area contributed by atoms with E-state index < -0.39 is 0 Å². The Balaban J connectivity index is 1.51. The number of hydrogen-bond acceptors (Lipinski definition) is 4. The molecule has 130 valence electrons. The van der Waals surface area contributed by atoms with E-state index in [-0.39, 0.29) is 12.5 Å². The van der Waals surface area contributed by atoms with Gasteiger partial charge in [-0.25, -0.2) is 4.90 Å². The van der Waals surface area contributed by atoms with Crippen molar-refractivity contribution < 1.29 is 14.8 Å². The number of para-hydroxylation sites is 2. The Labute approximate surface area is 151 Å². The van der Waals surface area contributed by atoms with E-state index in [1.165, 1.54) is 0 Å². The summed E-state index contributed by atoms with van der Waals surface area (Å²) in [5.41, 5.74) is 2.96. The number of nitrogens with zero attached hydrogens (tertiary/aromatic N) is 2. The van der Waals surface area contributed by atoms with Gasteiger partial charge in [-0.05, 0) is 18.2 Å². The summed E-state index contributed by atoms with van der Waals surface area (Å²) >= 11 is 0. The van der Waals surface area contributed by atoms with Crippen LogP contribution >= 0.6 is 0 Å². The molecule has 1 unspecified atom stereocenters. The van der Waals surface area contributed by atoms with E-state index in [4.69, 9.17) is 0 Å². The molecule has 2 aliphatic rings. The lowest BCUT2D eigenvalue weighted by Gasteiger charge is -2.27. The highest BCUT2D eigenvalue weighted by molar-refractivity contribution is 6.06. The van der Waals surface area contributed by atoms with Crippen molar-refractivity contribution in [1.82, 2.24) is 0 Å². The molecular weight excluding hydrogens is 328 g/mol. The Morgan fingerprint density at radius 3 is 2.73 bits per heavy atom. The number of aliphatic hydroxyl groups is 1. The van der Waals surface area contributed by atoms with Crippen LogP contribution in [0.25, 0.3) is 0 Å². The van der Waals surface area contributed by atoms with E-state index in [9.17, 15) is 9.90 Å². The van der Waals surface area contributed by atoms with Crippen LogP contribution in [0.15, 0.2) is 83.8 Å². The Bertz CT molecular complexity index is 918. The topological polar surface area (TPSA) is 69.4 Å². The van der Waals surface area contributed by atoms with Crippen molar-refractivity contribution in [3.05, 3.63) is 84.3 Å². The third-order valence-electron chi connectivity index (χ3n) is 4.37. The van der Waals surface area contributed by atoms with Gasteiger partial charge in [0.2, 0.25) is 5.84 Å². The summed E-state index contributed by atoms with van der Waals surface area (Å²) < 4.78 is 0. The minimum absolute atomic E-state index is 0.0165. The Hall–Kier alpha value is -3.22. The molecule has 1 amide bonds. The van der Waals surface area contributed by atoms with Crippen LogP contribution < -0.4 is 15.1 Å². The molecule has 0 saturated carbocycles. The number of rotatable bonds is 4. The van der Waals surface area contributed by atoms with Crippen LogP contribution in [0.3, 0.4) is 0 Å². The molecule has 0 radical (unpaired) electrons. The van der Waals surface area contributed by atoms with Gasteiger partial charge in [0.25, 0.3) is 5.91 Å². The smallest absolute Gasteiger partial charge is 0.280 e. The minimum atomic E-state index is -0.221. The van der Waals surface area contributed by atoms with Crippen LogP contribution in [0.2, 0.25) is 0 Å². The lowest BCUT2D eigenvalue weighted by molar-refractivity contribution is -0.742. The molecule has 0 spiro atoms. The predicted octanol–water partition coefficient (Wildman–Crippen LogP) is 1.25. The maximum Gasteiger partial charge on any atom is 0.280 e. The van der Waals surface area contributed by atoms with Crippen LogP contribution in [-0.2, 0) is 11.4 Å². The minimum Gasteiger partial charge on any atom is -0.392 e. The van der Waals surface area contributed by atoms with Crippen LogP contribution in [0, 0.1) is 0 Å². The Morgan fingerprint density at radius 2 is 1.92 bits per heavy atom. The monoisotopic (exact) mass is 347 g/mol. The van der Waals surface area contributed by atoms with Crippen molar-refractivity contribution in [2.75, 3.05) is 16.9 Å². The molecule has 1 atom stereocenters. The number of quaternary nitrogens is 1. The first kappa shape index (κ1) is 16.3. The van der Waals surface area contributed by atoms with Gasteiger partial charge in [-0.1, -0.05) is 36.4 Å². The van der Waals surface area contributed by atoms with Crippen molar-refractivity contribution in [2.45, 2.75) is 6.61 Å². The molecule has 0 fully saturated rings. The second kappa shape index (κ2) is 6.95. The Kier molecular flexibility index (Phi) is 4.35. The van der Waals surface area contributed by atoms with Crippen LogP contribution in [0.4, 0.5) is 11.4 Å². The third-order valence-corrected chi connectivity index (χ3v) is 4.37. The molecule has 2 aliphatic heterocycles.